The summed E-state index contributed by atoms with van der Waals surface area (Å²) in [7, 11) is 0. The van der Waals surface area contributed by atoms with Gasteiger partial charge in [0.15, 0.2) is 17.6 Å². The van der Waals surface area contributed by atoms with E-state index in [2.05, 4.69) is 177 Å². The molecule has 0 saturated carbocycles. The average Bonchev–Trinajstić information content (AvgIpc) is 1.96. The number of carbonyl (C=O) groups is 5. The molecule has 0 radical (unpaired) electrons. The molecule has 14 atom stereocenters. The van der Waals surface area contributed by atoms with Gasteiger partial charge in [-0.3, -0.25) is 38.3 Å². The number of nitrogens with zero attached hydrogens (tertiary/aromatic N) is 5. The maximum absolute atomic E-state index is 12.7. The van der Waals surface area contributed by atoms with E-state index in [1.807, 2.05) is 20.8 Å². The summed E-state index contributed by atoms with van der Waals surface area (Å²) in [5.74, 6) is 3.12. The summed E-state index contributed by atoms with van der Waals surface area (Å²) in [5, 5.41) is 19.4. The van der Waals surface area contributed by atoms with Crippen LogP contribution >= 0.6 is 22.7 Å². The van der Waals surface area contributed by atoms with Gasteiger partial charge < -0.3 is 59.6 Å². The van der Waals surface area contributed by atoms with Crippen LogP contribution in [0.15, 0.2) is 9.59 Å². The molecule has 6 fully saturated rings. The van der Waals surface area contributed by atoms with Crippen molar-refractivity contribution in [2.45, 2.75) is 373 Å². The van der Waals surface area contributed by atoms with Crippen LogP contribution in [0.2, 0.25) is 0 Å². The van der Waals surface area contributed by atoms with Gasteiger partial charge in [0.1, 0.15) is 30.3 Å². The number of hydrogen-bond acceptors (Lipinski definition) is 24. The number of aromatic nitrogens is 6. The van der Waals surface area contributed by atoms with E-state index >= 15 is 0 Å². The van der Waals surface area contributed by atoms with Crippen molar-refractivity contribution in [3.05, 3.63) is 30.7 Å². The first kappa shape index (κ1) is 114. The highest BCUT2D eigenvalue weighted by Gasteiger charge is 2.48. The summed E-state index contributed by atoms with van der Waals surface area (Å²) in [4.78, 5) is 96.3. The zero-order valence-corrected chi connectivity index (χ0v) is 70.4. The molecule has 0 bridgehead atoms. The highest BCUT2D eigenvalue weighted by atomic mass is 32.1. The second-order valence-corrected chi connectivity index (χ2v) is 37.8. The molecule has 0 spiro atoms. The van der Waals surface area contributed by atoms with Gasteiger partial charge in [-0.05, 0) is 131 Å². The second-order valence-electron chi connectivity index (χ2n) is 35.8. The number of nitrogens with one attached hydrogen (secondary N) is 1. The molecule has 0 aliphatic carbocycles. The van der Waals surface area contributed by atoms with Crippen molar-refractivity contribution in [1.29, 1.82) is 0 Å². The quantitative estimate of drug-likeness (QED) is 0.0767. The lowest BCUT2D eigenvalue weighted by molar-refractivity contribution is -0.186. The molecule has 26 heteroatoms. The van der Waals surface area contributed by atoms with Gasteiger partial charge in [0.2, 0.25) is 18.2 Å². The number of ether oxygens (including phenoxy) is 7. The number of nitrogen functional groups attached to an aromatic ring is 2. The first-order valence-corrected chi connectivity index (χ1v) is 38.9. The Balaban J connectivity index is -0.000000393. The third-order valence-corrected chi connectivity index (χ3v) is 21.8. The zero-order chi connectivity index (χ0) is 80.1. The number of esters is 4. The Morgan fingerprint density at radius 3 is 1.23 bits per heavy atom. The molecule has 7 N–H and O–H groups in total. The van der Waals surface area contributed by atoms with Crippen LogP contribution in [-0.4, -0.2) is 124 Å². The molecule has 111 heavy (non-hydrogen) atoms. The van der Waals surface area contributed by atoms with Gasteiger partial charge in [0.05, 0.1) is 56.5 Å². The minimum Gasteiger partial charge on any atom is -0.462 e. The summed E-state index contributed by atoms with van der Waals surface area (Å²) in [6, 6.07) is 0. The maximum atomic E-state index is 12.7. The number of thiazole rings is 2. The normalized spacial score (nSPS) is 24.5. The van der Waals surface area contributed by atoms with Gasteiger partial charge >= 0.3 is 33.6 Å². The lowest BCUT2D eigenvalue weighted by Crippen LogP contribution is -2.33. The highest BCUT2D eigenvalue weighted by molar-refractivity contribution is 7.16. The Bertz CT molecular complexity index is 3490. The van der Waals surface area contributed by atoms with Crippen molar-refractivity contribution in [3.63, 3.8) is 0 Å². The Morgan fingerprint density at radius 2 is 0.892 bits per heavy atom. The minimum absolute atomic E-state index is 0. The number of fused-ring (bicyclic) bond motifs is 2. The molecule has 4 aromatic rings. The molecule has 10 heterocycles. The number of aliphatic hydroxyl groups excluding tert-OH is 1. The number of carbonyl (C=O) groups excluding carboxylic acids is 5. The van der Waals surface area contributed by atoms with Crippen molar-refractivity contribution >= 4 is 84.9 Å². The molecule has 6 saturated heterocycles. The third-order valence-electron chi connectivity index (χ3n) is 19.7. The van der Waals surface area contributed by atoms with Crippen LogP contribution in [0.5, 0.6) is 0 Å². The molecule has 10 rings (SSSR count). The Morgan fingerprint density at radius 1 is 0.505 bits per heavy atom. The molecule has 650 valence electrons. The number of aliphatic hydroxyl groups is 2. The largest absolute Gasteiger partial charge is 0.462 e. The summed E-state index contributed by atoms with van der Waals surface area (Å²) in [6.45, 7) is 62.6. The fraction of sp³-hybridized carbons (Fsp3) is 0.824. The van der Waals surface area contributed by atoms with Gasteiger partial charge in [-0.2, -0.15) is 9.97 Å². The maximum Gasteiger partial charge on any atom is 0.312 e. The van der Waals surface area contributed by atoms with E-state index in [1.165, 1.54) is 32.1 Å². The lowest BCUT2D eigenvalue weighted by atomic mass is 9.77. The van der Waals surface area contributed by atoms with E-state index in [-0.39, 0.29) is 204 Å². The second kappa shape index (κ2) is 47.5. The van der Waals surface area contributed by atoms with E-state index in [0.717, 1.165) is 64.2 Å². The molecule has 24 nitrogen and oxygen atoms in total. The van der Waals surface area contributed by atoms with Crippen molar-refractivity contribution in [3.8, 4) is 0 Å². The minimum atomic E-state index is -0.958. The SMILES string of the molecule is C.C.C.C.C.C.C.CC(=O)OC1O[C@H](C(C)C)CC1C(C)(C)C.CC(C)=O.CC(C)[C@@H]1CC(C(C)(C)C)C(=O)O1.CC(C)[C@@H]1CC(C(C)(C)C)C(O)O1.CC(C)[C@@H]1CC(C(C)(C)O)C(=O)O1.CC(C)[C@@H]1CCC(=O)O1.Cc1nc(N)nc2[nH]c(=O)sc12.Cc1nc(N)nc2c1sc(=O)n2C1O[C@H](C(C)C)CC1C(C)(C)C. The van der Waals surface area contributed by atoms with Gasteiger partial charge in [0, 0.05) is 37.5 Å². The number of anilines is 2. The highest BCUT2D eigenvalue weighted by Crippen LogP contribution is 2.48. The molecular formula is C85H162N8O16S2. The molecule has 0 amide bonds. The van der Waals surface area contributed by atoms with E-state index in [4.69, 9.17) is 44.6 Å². The van der Waals surface area contributed by atoms with Crippen molar-refractivity contribution in [2.24, 2.45) is 86.8 Å². The van der Waals surface area contributed by atoms with E-state index < -0.39 is 11.9 Å². The van der Waals surface area contributed by atoms with Crippen LogP contribution in [0.4, 0.5) is 11.9 Å². The van der Waals surface area contributed by atoms with Gasteiger partial charge in [-0.1, -0.05) is 241 Å². The number of rotatable bonds is 9. The van der Waals surface area contributed by atoms with E-state index in [0.29, 0.717) is 59.6 Å². The molecule has 6 aliphatic rings. The van der Waals surface area contributed by atoms with Crippen LogP contribution in [0.25, 0.3) is 20.7 Å². The smallest absolute Gasteiger partial charge is 0.312 e. The molecule has 8 unspecified atom stereocenters. The van der Waals surface area contributed by atoms with Crippen molar-refractivity contribution in [2.75, 3.05) is 11.5 Å². The summed E-state index contributed by atoms with van der Waals surface area (Å²) >= 11 is 2.27. The summed E-state index contributed by atoms with van der Waals surface area (Å²) < 4.78 is 41.7. The third kappa shape index (κ3) is 34.8. The number of aryl methyl sites for hydroxylation is 2. The standard InChI is InChI=1S/C17H26N4O2S.C13H24O3.C11H22O2.C11H20O2.C10H18O3.C7H12O2.C6H6N4OS.C3H6O.7CH4/c1-8(2)11-7-10(17(4,5)6)14(23-11)21-13-12(24-16(21)22)9(3)19-15(18)20-13;1-8(2)11-7-10(13(4,5)6)12(16-11)15-9(3)14;2*1-7(2)9-6-8(10(12)13-9)11(3,4)5;1-6(2)8-5-7(9(11)13-8)10(3,4)12;1-5(2)6-3-4-7(8)9-6;1-2-3-4(9-5(7)8-2)10-6(11)12-3;1-3(2)4;;;;;;;/h8,10-11,14H,7H2,1-6H3,(H2,18,19,20);8,10-12H,7H2,1-6H3;7-10,12H,6H2,1-5H3;7-9H,6H2,1-5H3;6-8,12H,5H2,1-4H3;5-6H,3-4H2,1-2H3;1H3,(H3,7,8,9,10,11);1-2H3;7*1H4/t10?,11-,14?;10?,11-,12?;8?,9-,10?;8?,9-;7?,8-;6-;;;;;;;;;/m000000........./s1. The first-order valence-electron chi connectivity index (χ1n) is 37.3. The van der Waals surface area contributed by atoms with Gasteiger partial charge in [-0.15, -0.1) is 0 Å². The number of aromatic amines is 1. The predicted molar refractivity (Wildman–Crippen MR) is 459 cm³/mol. The summed E-state index contributed by atoms with van der Waals surface area (Å²) in [6.07, 6.45) is 5.59. The van der Waals surface area contributed by atoms with Crippen molar-refractivity contribution < 1.29 is 67.3 Å². The fourth-order valence-corrected chi connectivity index (χ4v) is 14.5. The van der Waals surface area contributed by atoms with Crippen molar-refractivity contribution in [1.82, 2.24) is 29.5 Å². The number of H-pyrrole nitrogens is 1. The number of Topliss-reactive ketones (excluding diaryl/α,β-unsaturated/α-hetero) is 1. The predicted octanol–water partition coefficient (Wildman–Crippen LogP) is 19.4. The van der Waals surface area contributed by atoms with Crippen LogP contribution < -0.4 is 21.2 Å². The van der Waals surface area contributed by atoms with Crippen LogP contribution in [0, 0.1) is 101 Å². The lowest BCUT2D eigenvalue weighted by Gasteiger charge is -2.31. The van der Waals surface area contributed by atoms with Gasteiger partial charge in [0.25, 0.3) is 0 Å². The zero-order valence-electron chi connectivity index (χ0n) is 68.8. The topological polar surface area (TPSA) is 349 Å². The Kier molecular flexibility index (Phi) is 48.8. The monoisotopic (exact) mass is 1620 g/mol. The average molecular weight is 1620 g/mol. The van der Waals surface area contributed by atoms with E-state index in [9.17, 15) is 43.8 Å². The number of hydrogen-bond donors (Lipinski definition) is 5. The fourth-order valence-electron chi connectivity index (χ4n) is 12.8. The van der Waals surface area contributed by atoms with Crippen LogP contribution in [0.1, 0.15) is 315 Å². The molecule has 0 aromatic carbocycles. The number of cyclic esters (lactones) is 3. The number of ketones is 1. The van der Waals surface area contributed by atoms with E-state index in [1.54, 1.807) is 25.3 Å². The molecular weight excluding hydrogens is 1450 g/mol. The first-order chi connectivity index (χ1) is 47.4. The van der Waals surface area contributed by atoms with Crippen LogP contribution in [0.3, 0.4) is 0 Å². The Hall–Kier alpha value is -5.51. The van der Waals surface area contributed by atoms with Crippen LogP contribution in [-0.2, 0) is 57.1 Å². The Labute approximate surface area is 679 Å². The molecule has 6 aliphatic heterocycles. The number of nitrogens with two attached hydrogens (primary N) is 2. The van der Waals surface area contributed by atoms with Gasteiger partial charge in [-0.25, -0.2) is 9.97 Å². The summed E-state index contributed by atoms with van der Waals surface area (Å²) in [5.41, 5.74) is 13.2. The molecule has 4 aromatic heterocycles.